The number of nitrogens with zero attached hydrogens (tertiary/aromatic N) is 1. The number of pyridine rings is 1. The Balaban J connectivity index is 2.17. The van der Waals surface area contributed by atoms with Crippen LogP contribution in [0.15, 0.2) is 24.5 Å². The summed E-state index contributed by atoms with van der Waals surface area (Å²) in [7, 11) is 1.51. The maximum absolute atomic E-state index is 11.4. The van der Waals surface area contributed by atoms with Gasteiger partial charge in [0, 0.05) is 32.5 Å². The van der Waals surface area contributed by atoms with Gasteiger partial charge in [-0.15, -0.1) is 0 Å². The number of methoxy groups -OCH3 is 1. The number of aryl methyl sites for hydroxylation is 1. The molecule has 0 saturated carbocycles. The van der Waals surface area contributed by atoms with Gasteiger partial charge >= 0.3 is 0 Å². The van der Waals surface area contributed by atoms with Crippen molar-refractivity contribution in [2.75, 3.05) is 20.3 Å². The van der Waals surface area contributed by atoms with Gasteiger partial charge in [0.15, 0.2) is 0 Å². The van der Waals surface area contributed by atoms with Crippen molar-refractivity contribution < 1.29 is 14.6 Å². The Morgan fingerprint density at radius 3 is 2.88 bits per heavy atom. The first kappa shape index (κ1) is 13.6. The molecule has 0 aliphatic heterocycles. The lowest BCUT2D eigenvalue weighted by molar-refractivity contribution is -0.121. The van der Waals surface area contributed by atoms with Crippen LogP contribution in [0.5, 0.6) is 0 Å². The Morgan fingerprint density at radius 1 is 1.53 bits per heavy atom. The lowest BCUT2D eigenvalue weighted by atomic mass is 10.1. The van der Waals surface area contributed by atoms with Crippen LogP contribution >= 0.6 is 0 Å². The normalized spacial score (nSPS) is 12.1. The number of aliphatic hydroxyl groups is 1. The number of rotatable bonds is 7. The third-order valence-corrected chi connectivity index (χ3v) is 2.28. The zero-order valence-corrected chi connectivity index (χ0v) is 9.93. The first-order chi connectivity index (χ1) is 8.22. The van der Waals surface area contributed by atoms with Crippen LogP contribution in [-0.4, -0.2) is 42.4 Å². The van der Waals surface area contributed by atoms with Crippen molar-refractivity contribution in [3.05, 3.63) is 30.1 Å². The van der Waals surface area contributed by atoms with E-state index in [0.717, 1.165) is 5.56 Å². The molecule has 0 fully saturated rings. The molecule has 1 amide bonds. The standard InChI is InChI=1S/C12H18N2O3/c1-17-9-11(15)8-14-12(16)3-2-10-4-6-13-7-5-10/h4-7,11,15H,2-3,8-9H2,1H3,(H,14,16). The summed E-state index contributed by atoms with van der Waals surface area (Å²) in [5.41, 5.74) is 1.08. The van der Waals surface area contributed by atoms with E-state index in [2.05, 4.69) is 10.3 Å². The van der Waals surface area contributed by atoms with Crippen molar-refractivity contribution in [3.8, 4) is 0 Å². The summed E-state index contributed by atoms with van der Waals surface area (Å²) in [6, 6.07) is 3.76. The first-order valence-electron chi connectivity index (χ1n) is 5.55. The summed E-state index contributed by atoms with van der Waals surface area (Å²) in [5, 5.41) is 12.0. The second kappa shape index (κ2) is 7.76. The quantitative estimate of drug-likeness (QED) is 0.708. The maximum Gasteiger partial charge on any atom is 0.220 e. The average molecular weight is 238 g/mol. The Bertz CT molecular complexity index is 330. The molecule has 0 aromatic carbocycles. The van der Waals surface area contributed by atoms with Gasteiger partial charge in [0.1, 0.15) is 0 Å². The van der Waals surface area contributed by atoms with Gasteiger partial charge in [0.2, 0.25) is 5.91 Å². The van der Waals surface area contributed by atoms with Crippen LogP contribution < -0.4 is 5.32 Å². The molecule has 0 aliphatic carbocycles. The van der Waals surface area contributed by atoms with Crippen LogP contribution in [0.4, 0.5) is 0 Å². The molecule has 94 valence electrons. The topological polar surface area (TPSA) is 71.5 Å². The Morgan fingerprint density at radius 2 is 2.24 bits per heavy atom. The lowest BCUT2D eigenvalue weighted by Gasteiger charge is -2.10. The highest BCUT2D eigenvalue weighted by Gasteiger charge is 2.06. The third kappa shape index (κ3) is 5.99. The number of hydrogen-bond acceptors (Lipinski definition) is 4. The minimum Gasteiger partial charge on any atom is -0.389 e. The largest absolute Gasteiger partial charge is 0.389 e. The molecule has 1 unspecified atom stereocenters. The predicted octanol–water partition coefficient (Wildman–Crippen LogP) is 0.138. The molecular formula is C12H18N2O3. The molecule has 1 aromatic heterocycles. The number of aromatic nitrogens is 1. The van der Waals surface area contributed by atoms with E-state index >= 15 is 0 Å². The molecule has 5 nitrogen and oxygen atoms in total. The van der Waals surface area contributed by atoms with Crippen LogP contribution in [0.2, 0.25) is 0 Å². The highest BCUT2D eigenvalue weighted by molar-refractivity contribution is 5.76. The van der Waals surface area contributed by atoms with Crippen LogP contribution in [-0.2, 0) is 16.0 Å². The van der Waals surface area contributed by atoms with Crippen LogP contribution in [0.3, 0.4) is 0 Å². The highest BCUT2D eigenvalue weighted by atomic mass is 16.5. The summed E-state index contributed by atoms with van der Waals surface area (Å²) in [6.07, 6.45) is 3.84. The van der Waals surface area contributed by atoms with Crippen molar-refractivity contribution >= 4 is 5.91 Å². The SMILES string of the molecule is COCC(O)CNC(=O)CCc1ccncc1. The minimum atomic E-state index is -0.648. The van der Waals surface area contributed by atoms with Gasteiger partial charge in [0.25, 0.3) is 0 Å². The predicted molar refractivity (Wildman–Crippen MR) is 63.5 cm³/mol. The van der Waals surface area contributed by atoms with E-state index in [1.165, 1.54) is 7.11 Å². The summed E-state index contributed by atoms with van der Waals surface area (Å²) < 4.78 is 4.76. The van der Waals surface area contributed by atoms with Crippen molar-refractivity contribution in [2.24, 2.45) is 0 Å². The van der Waals surface area contributed by atoms with Gasteiger partial charge < -0.3 is 15.2 Å². The zero-order chi connectivity index (χ0) is 12.5. The van der Waals surface area contributed by atoms with Crippen LogP contribution in [0, 0.1) is 0 Å². The zero-order valence-electron chi connectivity index (χ0n) is 9.93. The smallest absolute Gasteiger partial charge is 0.220 e. The summed E-state index contributed by atoms with van der Waals surface area (Å²) in [5.74, 6) is -0.0723. The molecule has 0 aliphatic rings. The Hall–Kier alpha value is -1.46. The van der Waals surface area contributed by atoms with Crippen molar-refractivity contribution in [1.29, 1.82) is 0 Å². The number of amides is 1. The number of carbonyl (C=O) groups excluding carboxylic acids is 1. The molecule has 0 saturated heterocycles. The van der Waals surface area contributed by atoms with Gasteiger partial charge in [-0.3, -0.25) is 9.78 Å². The number of ether oxygens (including phenoxy) is 1. The van der Waals surface area contributed by atoms with Crippen LogP contribution in [0.1, 0.15) is 12.0 Å². The molecule has 1 aromatic rings. The van der Waals surface area contributed by atoms with E-state index in [4.69, 9.17) is 4.74 Å². The van der Waals surface area contributed by atoms with E-state index in [-0.39, 0.29) is 19.1 Å². The van der Waals surface area contributed by atoms with E-state index in [1.807, 2.05) is 12.1 Å². The molecule has 0 spiro atoms. The second-order valence-electron chi connectivity index (χ2n) is 3.77. The van der Waals surface area contributed by atoms with E-state index in [9.17, 15) is 9.90 Å². The molecule has 1 rings (SSSR count). The molecule has 0 radical (unpaired) electrons. The molecule has 1 heterocycles. The molecule has 0 bridgehead atoms. The lowest BCUT2D eigenvalue weighted by Crippen LogP contribution is -2.34. The van der Waals surface area contributed by atoms with E-state index < -0.39 is 6.10 Å². The van der Waals surface area contributed by atoms with Crippen molar-refractivity contribution in [2.45, 2.75) is 18.9 Å². The number of carbonyl (C=O) groups is 1. The van der Waals surface area contributed by atoms with E-state index in [0.29, 0.717) is 12.8 Å². The van der Waals surface area contributed by atoms with Crippen molar-refractivity contribution in [3.63, 3.8) is 0 Å². The van der Waals surface area contributed by atoms with Crippen LogP contribution in [0.25, 0.3) is 0 Å². The fourth-order valence-corrected chi connectivity index (χ4v) is 1.38. The van der Waals surface area contributed by atoms with E-state index in [1.54, 1.807) is 12.4 Å². The van der Waals surface area contributed by atoms with Gasteiger partial charge in [-0.05, 0) is 24.1 Å². The highest BCUT2D eigenvalue weighted by Crippen LogP contribution is 2.00. The number of aliphatic hydroxyl groups excluding tert-OH is 1. The number of nitrogens with one attached hydrogen (secondary N) is 1. The average Bonchev–Trinajstić information content (AvgIpc) is 2.35. The summed E-state index contributed by atoms with van der Waals surface area (Å²) in [6.45, 7) is 0.452. The summed E-state index contributed by atoms with van der Waals surface area (Å²) in [4.78, 5) is 15.4. The summed E-state index contributed by atoms with van der Waals surface area (Å²) >= 11 is 0. The third-order valence-electron chi connectivity index (χ3n) is 2.28. The van der Waals surface area contributed by atoms with Gasteiger partial charge in [0.05, 0.1) is 12.7 Å². The molecule has 2 N–H and O–H groups in total. The fourth-order valence-electron chi connectivity index (χ4n) is 1.38. The monoisotopic (exact) mass is 238 g/mol. The molecule has 1 atom stereocenters. The second-order valence-corrected chi connectivity index (χ2v) is 3.77. The molecule has 5 heteroatoms. The first-order valence-corrected chi connectivity index (χ1v) is 5.55. The Labute approximate surface area is 101 Å². The Kier molecular flexibility index (Phi) is 6.21. The molecule has 17 heavy (non-hydrogen) atoms. The fraction of sp³-hybridized carbons (Fsp3) is 0.500. The van der Waals surface area contributed by atoms with Gasteiger partial charge in [-0.2, -0.15) is 0 Å². The van der Waals surface area contributed by atoms with Crippen molar-refractivity contribution in [1.82, 2.24) is 10.3 Å². The number of hydrogen-bond donors (Lipinski definition) is 2. The molecular weight excluding hydrogens is 220 g/mol. The minimum absolute atomic E-state index is 0.0723. The maximum atomic E-state index is 11.4. The van der Waals surface area contributed by atoms with Gasteiger partial charge in [-0.1, -0.05) is 0 Å². The van der Waals surface area contributed by atoms with Gasteiger partial charge in [-0.25, -0.2) is 0 Å².